The third-order valence-corrected chi connectivity index (χ3v) is 6.54. The zero-order chi connectivity index (χ0) is 26.6. The van der Waals surface area contributed by atoms with E-state index in [0.717, 1.165) is 42.4 Å². The Morgan fingerprint density at radius 1 is 0.946 bits per heavy atom. The normalized spacial score (nSPS) is 17.0. The van der Waals surface area contributed by atoms with E-state index in [2.05, 4.69) is 23.3 Å². The molecular weight excluding hydrogens is 464 g/mol. The van der Waals surface area contributed by atoms with Gasteiger partial charge in [-0.15, -0.1) is 0 Å². The van der Waals surface area contributed by atoms with E-state index in [1.54, 1.807) is 6.07 Å². The van der Waals surface area contributed by atoms with Crippen LogP contribution in [0.2, 0.25) is 0 Å². The second-order valence-electron chi connectivity index (χ2n) is 9.48. The average Bonchev–Trinajstić information content (AvgIpc) is 3.31. The van der Waals surface area contributed by atoms with E-state index in [0.29, 0.717) is 31.2 Å². The molecule has 6 nitrogen and oxygen atoms in total. The van der Waals surface area contributed by atoms with Crippen LogP contribution in [0.1, 0.15) is 80.1 Å². The van der Waals surface area contributed by atoms with E-state index in [1.807, 2.05) is 57.2 Å². The van der Waals surface area contributed by atoms with Gasteiger partial charge in [-0.05, 0) is 36.8 Å². The highest BCUT2D eigenvalue weighted by Crippen LogP contribution is 2.30. The molecule has 4 rings (SSSR count). The summed E-state index contributed by atoms with van der Waals surface area (Å²) in [6.07, 6.45) is 4.72. The zero-order valence-electron chi connectivity index (χ0n) is 22.6. The molecule has 1 aliphatic rings. The molecule has 1 heterocycles. The predicted molar refractivity (Wildman–Crippen MR) is 146 cm³/mol. The first-order chi connectivity index (χ1) is 18.0. The van der Waals surface area contributed by atoms with Crippen molar-refractivity contribution in [1.29, 1.82) is 0 Å². The molecule has 0 aliphatic heterocycles. The van der Waals surface area contributed by atoms with Crippen LogP contribution in [0.15, 0.2) is 60.7 Å². The van der Waals surface area contributed by atoms with Gasteiger partial charge in [0.1, 0.15) is 18.8 Å². The fourth-order valence-corrected chi connectivity index (χ4v) is 4.69. The molecule has 0 unspecified atom stereocenters. The molecule has 6 heteroatoms. The quantitative estimate of drug-likeness (QED) is 0.271. The standard InChI is InChI=1S/C29H34N2O4.C2H6/c1-21-9-8-12-24(15-21)20-35-29-17-27(22(2)32)30-31(29)18-26(33)16-25-13-6-7-14-28(25)34-19-23-10-4-3-5-11-23;1-2/h3-5,8-12,15,17,25,28H,6-7,13-14,16,18-20H2,1-2H3;1-2H3/t25-,28+;/m1./s1. The number of Topliss-reactive ketones (excluding diaryl/α,β-unsaturated/α-hetero) is 2. The van der Waals surface area contributed by atoms with Crippen molar-refractivity contribution in [3.63, 3.8) is 0 Å². The van der Waals surface area contributed by atoms with Crippen molar-refractivity contribution in [1.82, 2.24) is 9.78 Å². The van der Waals surface area contributed by atoms with Gasteiger partial charge in [0.25, 0.3) is 0 Å². The number of carbonyl (C=O) groups excluding carboxylic acids is 2. The van der Waals surface area contributed by atoms with Gasteiger partial charge in [0.2, 0.25) is 5.88 Å². The van der Waals surface area contributed by atoms with Crippen molar-refractivity contribution in [2.75, 3.05) is 0 Å². The smallest absolute Gasteiger partial charge is 0.213 e. The van der Waals surface area contributed by atoms with E-state index in [-0.39, 0.29) is 30.1 Å². The summed E-state index contributed by atoms with van der Waals surface area (Å²) in [5, 5.41) is 4.36. The lowest BCUT2D eigenvalue weighted by atomic mass is 9.83. The minimum absolute atomic E-state index is 0.0730. The summed E-state index contributed by atoms with van der Waals surface area (Å²) in [7, 11) is 0. The maximum absolute atomic E-state index is 13.1. The lowest BCUT2D eigenvalue weighted by Crippen LogP contribution is -2.30. The number of hydrogen-bond acceptors (Lipinski definition) is 5. The summed E-state index contributed by atoms with van der Waals surface area (Å²) in [5.41, 5.74) is 3.62. The van der Waals surface area contributed by atoms with Gasteiger partial charge in [0, 0.05) is 19.4 Å². The second kappa shape index (κ2) is 14.5. The predicted octanol–water partition coefficient (Wildman–Crippen LogP) is 6.73. The van der Waals surface area contributed by atoms with Crippen molar-refractivity contribution in [3.8, 4) is 5.88 Å². The van der Waals surface area contributed by atoms with Gasteiger partial charge in [-0.25, -0.2) is 4.68 Å². The Balaban J connectivity index is 0.00000186. The van der Waals surface area contributed by atoms with Crippen LogP contribution in [0.5, 0.6) is 5.88 Å². The summed E-state index contributed by atoms with van der Waals surface area (Å²) in [4.78, 5) is 25.0. The van der Waals surface area contributed by atoms with Gasteiger partial charge in [-0.1, -0.05) is 86.8 Å². The molecule has 0 bridgehead atoms. The summed E-state index contributed by atoms with van der Waals surface area (Å²) < 4.78 is 13.8. The first-order valence-electron chi connectivity index (χ1n) is 13.4. The SMILES string of the molecule is CC.CC(=O)c1cc(OCc2cccc(C)c2)n(CC(=O)C[C@H]2CCCC[C@@H]2OCc2ccccc2)n1. The van der Waals surface area contributed by atoms with Crippen LogP contribution in [-0.2, 0) is 29.3 Å². The Labute approximate surface area is 221 Å². The number of ether oxygens (including phenoxy) is 2. The molecule has 0 saturated heterocycles. The molecular formula is C31H40N2O4. The first-order valence-corrected chi connectivity index (χ1v) is 13.4. The van der Waals surface area contributed by atoms with E-state index >= 15 is 0 Å². The summed E-state index contributed by atoms with van der Waals surface area (Å²) in [6, 6.07) is 19.8. The van der Waals surface area contributed by atoms with E-state index in [9.17, 15) is 9.59 Å². The van der Waals surface area contributed by atoms with Crippen LogP contribution in [0.25, 0.3) is 0 Å². The van der Waals surface area contributed by atoms with Crippen LogP contribution < -0.4 is 4.74 Å². The van der Waals surface area contributed by atoms with Gasteiger partial charge < -0.3 is 9.47 Å². The van der Waals surface area contributed by atoms with E-state index in [1.165, 1.54) is 11.6 Å². The maximum atomic E-state index is 13.1. The molecule has 37 heavy (non-hydrogen) atoms. The highest BCUT2D eigenvalue weighted by molar-refractivity contribution is 5.92. The molecule has 0 spiro atoms. The van der Waals surface area contributed by atoms with Crippen LogP contribution in [0, 0.1) is 12.8 Å². The highest BCUT2D eigenvalue weighted by Gasteiger charge is 2.28. The molecule has 1 aromatic heterocycles. The molecule has 1 aliphatic carbocycles. The Bertz CT molecular complexity index is 1140. The Kier molecular flexibility index (Phi) is 11.1. The number of hydrogen-bond donors (Lipinski definition) is 0. The van der Waals surface area contributed by atoms with Crippen LogP contribution in [0.3, 0.4) is 0 Å². The molecule has 2 aromatic carbocycles. The van der Waals surface area contributed by atoms with Crippen molar-refractivity contribution < 1.29 is 19.1 Å². The Hall–Kier alpha value is -3.25. The minimum Gasteiger partial charge on any atom is -0.473 e. The van der Waals surface area contributed by atoms with Crippen molar-refractivity contribution in [3.05, 3.63) is 83.0 Å². The molecule has 0 N–H and O–H groups in total. The molecule has 3 aromatic rings. The molecule has 1 fully saturated rings. The topological polar surface area (TPSA) is 70.4 Å². The average molecular weight is 505 g/mol. The number of nitrogens with zero attached hydrogens (tertiary/aromatic N) is 2. The van der Waals surface area contributed by atoms with Crippen molar-refractivity contribution >= 4 is 11.6 Å². The Morgan fingerprint density at radius 3 is 2.41 bits per heavy atom. The molecule has 2 atom stereocenters. The highest BCUT2D eigenvalue weighted by atomic mass is 16.5. The largest absolute Gasteiger partial charge is 0.473 e. The summed E-state index contributed by atoms with van der Waals surface area (Å²) in [6.45, 7) is 8.49. The first kappa shape index (κ1) is 28.3. The number of rotatable bonds is 11. The third kappa shape index (κ3) is 8.67. The van der Waals surface area contributed by atoms with Crippen molar-refractivity contribution in [2.45, 2.75) is 85.7 Å². The fraction of sp³-hybridized carbons (Fsp3) is 0.452. The van der Waals surface area contributed by atoms with Gasteiger partial charge in [-0.3, -0.25) is 9.59 Å². The van der Waals surface area contributed by atoms with Gasteiger partial charge >= 0.3 is 0 Å². The van der Waals surface area contributed by atoms with Crippen LogP contribution in [-0.4, -0.2) is 27.5 Å². The van der Waals surface area contributed by atoms with E-state index < -0.39 is 0 Å². The number of benzene rings is 2. The molecule has 0 amide bonds. The maximum Gasteiger partial charge on any atom is 0.213 e. The molecule has 198 valence electrons. The van der Waals surface area contributed by atoms with Gasteiger partial charge in [-0.2, -0.15) is 5.10 Å². The fourth-order valence-electron chi connectivity index (χ4n) is 4.69. The van der Waals surface area contributed by atoms with Crippen LogP contribution in [0.4, 0.5) is 0 Å². The van der Waals surface area contributed by atoms with Crippen LogP contribution >= 0.6 is 0 Å². The number of carbonyl (C=O) groups is 2. The molecule has 0 radical (unpaired) electrons. The zero-order valence-corrected chi connectivity index (χ0v) is 22.6. The number of aryl methyl sites for hydroxylation is 1. The molecule has 1 saturated carbocycles. The number of aromatic nitrogens is 2. The van der Waals surface area contributed by atoms with Crippen molar-refractivity contribution in [2.24, 2.45) is 5.92 Å². The van der Waals surface area contributed by atoms with Gasteiger partial charge in [0.15, 0.2) is 11.6 Å². The Morgan fingerprint density at radius 2 is 1.68 bits per heavy atom. The second-order valence-corrected chi connectivity index (χ2v) is 9.48. The summed E-state index contributed by atoms with van der Waals surface area (Å²) >= 11 is 0. The number of ketones is 2. The van der Waals surface area contributed by atoms with Gasteiger partial charge in [0.05, 0.1) is 12.7 Å². The minimum atomic E-state index is -0.154. The van der Waals surface area contributed by atoms with E-state index in [4.69, 9.17) is 9.47 Å². The monoisotopic (exact) mass is 504 g/mol. The lowest BCUT2D eigenvalue weighted by Gasteiger charge is -2.31. The summed E-state index contributed by atoms with van der Waals surface area (Å²) in [5.74, 6) is 0.548. The third-order valence-electron chi connectivity index (χ3n) is 6.54. The lowest BCUT2D eigenvalue weighted by molar-refractivity contribution is -0.123.